The van der Waals surface area contributed by atoms with Crippen molar-refractivity contribution in [1.82, 2.24) is 24.8 Å². The Hall–Kier alpha value is -3.02. The van der Waals surface area contributed by atoms with Crippen LogP contribution in [0.3, 0.4) is 0 Å². The molecular weight excluding hydrogens is 504 g/mol. The fourth-order valence-corrected chi connectivity index (χ4v) is 7.88. The van der Waals surface area contributed by atoms with Crippen LogP contribution < -0.4 is 11.1 Å². The number of carbonyl (C=O) groups is 1. The number of carbonyl (C=O) groups excluding carboxylic acids is 1. The fraction of sp³-hybridized carbons (Fsp3) is 0.519. The van der Waals surface area contributed by atoms with Crippen molar-refractivity contribution in [1.29, 1.82) is 0 Å². The van der Waals surface area contributed by atoms with Crippen molar-refractivity contribution < 1.29 is 18.3 Å². The SMILES string of the molecule is C[C@@H](C1CC1)N1Cc2cc(-c3ccn4nc(N)c(C(O)NC5CC5)c4n3)cc(S(=O)(=O)C3CCC3)c2C1=O. The van der Waals surface area contributed by atoms with Crippen molar-refractivity contribution in [2.45, 2.75) is 86.9 Å². The van der Waals surface area contributed by atoms with Crippen molar-refractivity contribution in [2.24, 2.45) is 5.92 Å². The topological polar surface area (TPSA) is 143 Å². The maximum Gasteiger partial charge on any atom is 0.256 e. The number of nitrogen functional groups attached to an aromatic ring is 1. The van der Waals surface area contributed by atoms with Crippen molar-refractivity contribution in [3.05, 3.63) is 41.1 Å². The molecule has 4 aliphatic rings. The molecule has 0 saturated heterocycles. The molecule has 3 aromatic rings. The molecule has 200 valence electrons. The summed E-state index contributed by atoms with van der Waals surface area (Å²) < 4.78 is 29.0. The molecule has 0 radical (unpaired) electrons. The Labute approximate surface area is 221 Å². The van der Waals surface area contributed by atoms with E-state index in [1.54, 1.807) is 18.3 Å². The first kappa shape index (κ1) is 24.1. The van der Waals surface area contributed by atoms with Gasteiger partial charge in [0.1, 0.15) is 6.23 Å². The maximum atomic E-state index is 13.7. The minimum Gasteiger partial charge on any atom is -0.382 e. The third kappa shape index (κ3) is 3.82. The number of aromatic nitrogens is 3. The van der Waals surface area contributed by atoms with Crippen molar-refractivity contribution in [2.75, 3.05) is 5.73 Å². The molecule has 38 heavy (non-hydrogen) atoms. The molecule has 1 aromatic carbocycles. The van der Waals surface area contributed by atoms with Crippen LogP contribution in [-0.4, -0.2) is 56.3 Å². The third-order valence-corrected chi connectivity index (χ3v) is 11.0. The summed E-state index contributed by atoms with van der Waals surface area (Å²) in [5, 5.41) is 17.8. The Balaban J connectivity index is 1.35. The first-order valence-electron chi connectivity index (χ1n) is 13.5. The zero-order valence-electron chi connectivity index (χ0n) is 21.3. The zero-order chi connectivity index (χ0) is 26.3. The number of fused-ring (bicyclic) bond motifs is 2. The summed E-state index contributed by atoms with van der Waals surface area (Å²) in [6.45, 7) is 2.45. The Kier molecular flexibility index (Phi) is 5.37. The van der Waals surface area contributed by atoms with Gasteiger partial charge in [0.25, 0.3) is 5.91 Å². The molecule has 11 heteroatoms. The highest BCUT2D eigenvalue weighted by Crippen LogP contribution is 2.42. The lowest BCUT2D eigenvalue weighted by molar-refractivity contribution is 0.0694. The molecule has 10 nitrogen and oxygen atoms in total. The van der Waals surface area contributed by atoms with Crippen LogP contribution in [0.4, 0.5) is 5.82 Å². The van der Waals surface area contributed by atoms with Gasteiger partial charge in [-0.05, 0) is 75.1 Å². The monoisotopic (exact) mass is 536 g/mol. The lowest BCUT2D eigenvalue weighted by atomic mass is 10.00. The summed E-state index contributed by atoms with van der Waals surface area (Å²) in [7, 11) is -3.67. The number of hydrogen-bond acceptors (Lipinski definition) is 8. The average Bonchev–Trinajstić information content (AvgIpc) is 3.77. The summed E-state index contributed by atoms with van der Waals surface area (Å²) in [5.41, 5.74) is 9.16. The predicted octanol–water partition coefficient (Wildman–Crippen LogP) is 2.80. The average molecular weight is 537 g/mol. The predicted molar refractivity (Wildman–Crippen MR) is 141 cm³/mol. The van der Waals surface area contributed by atoms with E-state index in [0.717, 1.165) is 37.7 Å². The molecule has 3 fully saturated rings. The number of nitrogens with two attached hydrogens (primary N) is 1. The van der Waals surface area contributed by atoms with Gasteiger partial charge in [-0.1, -0.05) is 6.42 Å². The number of nitrogens with one attached hydrogen (secondary N) is 1. The first-order valence-corrected chi connectivity index (χ1v) is 15.1. The van der Waals surface area contributed by atoms with E-state index in [-0.39, 0.29) is 28.7 Å². The minimum atomic E-state index is -3.67. The van der Waals surface area contributed by atoms with Crippen LogP contribution in [0.5, 0.6) is 0 Å². The van der Waals surface area contributed by atoms with E-state index in [0.29, 0.717) is 53.3 Å². The Morgan fingerprint density at radius 2 is 1.92 bits per heavy atom. The summed E-state index contributed by atoms with van der Waals surface area (Å²) in [5.74, 6) is 0.477. The van der Waals surface area contributed by atoms with E-state index in [1.807, 2.05) is 11.0 Å². The van der Waals surface area contributed by atoms with E-state index in [2.05, 4.69) is 17.3 Å². The molecule has 0 bridgehead atoms. The fourth-order valence-electron chi connectivity index (χ4n) is 5.78. The third-order valence-electron chi connectivity index (χ3n) is 8.68. The zero-order valence-corrected chi connectivity index (χ0v) is 22.1. The molecule has 0 spiro atoms. The largest absolute Gasteiger partial charge is 0.382 e. The van der Waals surface area contributed by atoms with Crippen LogP contribution >= 0.6 is 0 Å². The quantitative estimate of drug-likeness (QED) is 0.373. The van der Waals surface area contributed by atoms with E-state index >= 15 is 0 Å². The van der Waals surface area contributed by atoms with Crippen LogP contribution in [0.25, 0.3) is 16.9 Å². The van der Waals surface area contributed by atoms with Crippen LogP contribution in [-0.2, 0) is 16.4 Å². The van der Waals surface area contributed by atoms with E-state index in [1.165, 1.54) is 4.52 Å². The van der Waals surface area contributed by atoms with Gasteiger partial charge in [-0.15, -0.1) is 5.10 Å². The van der Waals surface area contributed by atoms with E-state index < -0.39 is 21.3 Å². The smallest absolute Gasteiger partial charge is 0.256 e. The van der Waals surface area contributed by atoms with E-state index in [9.17, 15) is 18.3 Å². The summed E-state index contributed by atoms with van der Waals surface area (Å²) >= 11 is 0. The number of aliphatic hydroxyl groups is 1. The molecule has 2 atom stereocenters. The summed E-state index contributed by atoms with van der Waals surface area (Å²) in [4.78, 5) is 20.3. The highest BCUT2D eigenvalue weighted by Gasteiger charge is 2.43. The van der Waals surface area contributed by atoms with Gasteiger partial charge in [0, 0.05) is 30.4 Å². The van der Waals surface area contributed by atoms with Crippen LogP contribution in [0.1, 0.15) is 79.6 Å². The van der Waals surface area contributed by atoms with Gasteiger partial charge in [-0.2, -0.15) is 0 Å². The molecule has 1 amide bonds. The van der Waals surface area contributed by atoms with Gasteiger partial charge in [0.05, 0.1) is 27.0 Å². The number of aliphatic hydroxyl groups excluding tert-OH is 1. The summed E-state index contributed by atoms with van der Waals surface area (Å²) in [6.07, 6.45) is 7.01. The first-order chi connectivity index (χ1) is 18.2. The van der Waals surface area contributed by atoms with Gasteiger partial charge in [0.15, 0.2) is 21.3 Å². The van der Waals surface area contributed by atoms with Crippen LogP contribution in [0.2, 0.25) is 0 Å². The second kappa shape index (κ2) is 8.49. The summed E-state index contributed by atoms with van der Waals surface area (Å²) in [6, 6.07) is 5.59. The number of sulfone groups is 1. The lowest BCUT2D eigenvalue weighted by Gasteiger charge is -2.26. The number of amides is 1. The molecule has 7 rings (SSSR count). The molecule has 3 heterocycles. The Morgan fingerprint density at radius 3 is 2.58 bits per heavy atom. The Morgan fingerprint density at radius 1 is 1.16 bits per heavy atom. The molecule has 2 aromatic heterocycles. The van der Waals surface area contributed by atoms with Gasteiger partial charge in [0.2, 0.25) is 0 Å². The van der Waals surface area contributed by atoms with Crippen LogP contribution in [0, 0.1) is 5.92 Å². The minimum absolute atomic E-state index is 0.0739. The van der Waals surface area contributed by atoms with E-state index in [4.69, 9.17) is 10.7 Å². The Bertz CT molecular complexity index is 1570. The lowest BCUT2D eigenvalue weighted by Crippen LogP contribution is -2.35. The molecule has 1 aliphatic heterocycles. The van der Waals surface area contributed by atoms with Gasteiger partial charge < -0.3 is 15.7 Å². The molecule has 1 unspecified atom stereocenters. The van der Waals surface area contributed by atoms with Gasteiger partial charge in [-0.25, -0.2) is 17.9 Å². The molecule has 3 aliphatic carbocycles. The standard InChI is InChI=1S/C27H32N6O4S/c1-14(15-5-6-15)32-13-17-11-16(12-21(22(17)27(32)35)38(36,37)19-3-2-4-19)20-9-10-33-25(30-20)23(24(28)31-33)26(34)29-18-7-8-18/h9-12,14-15,18-19,26,29,34H,2-8,13H2,1H3,(H2,28,31)/t14-,26?/m0/s1. The second-order valence-corrected chi connectivity index (χ2v) is 13.5. The second-order valence-electron chi connectivity index (χ2n) is 11.3. The van der Waals surface area contributed by atoms with Crippen molar-refractivity contribution in [3.8, 4) is 11.3 Å². The normalized spacial score (nSPS) is 21.5. The molecular formula is C27H32N6O4S. The van der Waals surface area contributed by atoms with Crippen molar-refractivity contribution in [3.63, 3.8) is 0 Å². The highest BCUT2D eigenvalue weighted by atomic mass is 32.2. The number of nitrogens with zero attached hydrogens (tertiary/aromatic N) is 4. The number of rotatable bonds is 8. The van der Waals surface area contributed by atoms with Gasteiger partial charge in [-0.3, -0.25) is 10.1 Å². The van der Waals surface area contributed by atoms with Gasteiger partial charge >= 0.3 is 0 Å². The highest BCUT2D eigenvalue weighted by molar-refractivity contribution is 7.92. The van der Waals surface area contributed by atoms with Crippen LogP contribution in [0.15, 0.2) is 29.3 Å². The maximum absolute atomic E-state index is 13.7. The molecule has 4 N–H and O–H groups in total. The molecule has 3 saturated carbocycles. The number of benzene rings is 1. The van der Waals surface area contributed by atoms with Crippen molar-refractivity contribution >= 4 is 27.2 Å². The number of anilines is 1. The number of hydrogen-bond donors (Lipinski definition) is 3.